The van der Waals surface area contributed by atoms with Gasteiger partial charge in [0.05, 0.1) is 10.5 Å². The Morgan fingerprint density at radius 2 is 1.76 bits per heavy atom. The fourth-order valence-corrected chi connectivity index (χ4v) is 3.22. The molecule has 1 atom stereocenters. The van der Waals surface area contributed by atoms with E-state index in [-0.39, 0.29) is 0 Å². The van der Waals surface area contributed by atoms with E-state index in [1.807, 2.05) is 30.3 Å². The molecule has 3 rings (SSSR count). The van der Waals surface area contributed by atoms with Crippen LogP contribution in [0.5, 0.6) is 0 Å². The van der Waals surface area contributed by atoms with E-state index < -0.39 is 44.3 Å². The van der Waals surface area contributed by atoms with Crippen molar-refractivity contribution in [3.8, 4) is 0 Å². The number of hydrogen-bond acceptors (Lipinski definition) is 5. The Bertz CT molecular complexity index is 1210. The van der Waals surface area contributed by atoms with Crippen LogP contribution in [0.4, 0.5) is 10.1 Å². The molecule has 9 heteroatoms. The molecule has 0 spiro atoms. The third-order valence-electron chi connectivity index (χ3n) is 4.19. The largest absolute Gasteiger partial charge is 0.449 e. The lowest BCUT2D eigenvalue weighted by molar-refractivity contribution is -0.123. The summed E-state index contributed by atoms with van der Waals surface area (Å²) in [5.41, 5.74) is -0.111. The van der Waals surface area contributed by atoms with Gasteiger partial charge in [-0.05, 0) is 36.6 Å². The minimum atomic E-state index is -4.14. The number of halogens is 1. The second-order valence-corrected chi connectivity index (χ2v) is 7.81. The van der Waals surface area contributed by atoms with Gasteiger partial charge >= 0.3 is 5.97 Å². The van der Waals surface area contributed by atoms with E-state index in [9.17, 15) is 22.4 Å². The van der Waals surface area contributed by atoms with Crippen LogP contribution in [0.3, 0.4) is 0 Å². The molecule has 7 nitrogen and oxygen atoms in total. The highest BCUT2D eigenvalue weighted by atomic mass is 32.2. The molecule has 3 aromatic rings. The second-order valence-electron chi connectivity index (χ2n) is 6.25. The summed E-state index contributed by atoms with van der Waals surface area (Å²) < 4.78 is 41.7. The summed E-state index contributed by atoms with van der Waals surface area (Å²) in [6.45, 7) is 1.32. The molecule has 3 aromatic carbocycles. The zero-order valence-electron chi connectivity index (χ0n) is 15.3. The number of amides is 1. The molecule has 0 radical (unpaired) electrons. The number of rotatable bonds is 5. The summed E-state index contributed by atoms with van der Waals surface area (Å²) in [4.78, 5) is 24.2. The van der Waals surface area contributed by atoms with E-state index in [1.54, 1.807) is 12.1 Å². The Kier molecular flexibility index (Phi) is 5.62. The van der Waals surface area contributed by atoms with Crippen molar-refractivity contribution in [1.82, 2.24) is 0 Å². The molecule has 0 fully saturated rings. The van der Waals surface area contributed by atoms with Crippen LogP contribution in [0, 0.1) is 5.82 Å². The van der Waals surface area contributed by atoms with E-state index in [2.05, 4.69) is 5.32 Å². The van der Waals surface area contributed by atoms with Crippen LogP contribution in [0.1, 0.15) is 17.3 Å². The number of anilines is 1. The molecular weight excluding hydrogens is 399 g/mol. The predicted molar refractivity (Wildman–Crippen MR) is 105 cm³/mol. The first-order valence-corrected chi connectivity index (χ1v) is 10.0. The van der Waals surface area contributed by atoms with Gasteiger partial charge in [0.2, 0.25) is 10.0 Å². The van der Waals surface area contributed by atoms with E-state index in [4.69, 9.17) is 9.88 Å². The molecule has 0 unspecified atom stereocenters. The third-order valence-corrected chi connectivity index (χ3v) is 5.10. The molecule has 0 bridgehead atoms. The van der Waals surface area contributed by atoms with Crippen LogP contribution in [-0.2, 0) is 19.6 Å². The first kappa shape index (κ1) is 20.4. The number of hydrogen-bond donors (Lipinski definition) is 2. The zero-order valence-corrected chi connectivity index (χ0v) is 16.1. The van der Waals surface area contributed by atoms with Gasteiger partial charge in [0.15, 0.2) is 6.10 Å². The van der Waals surface area contributed by atoms with Crippen LogP contribution in [-0.4, -0.2) is 26.4 Å². The number of esters is 1. The van der Waals surface area contributed by atoms with Crippen molar-refractivity contribution in [1.29, 1.82) is 0 Å². The Labute approximate surface area is 166 Å². The first-order chi connectivity index (χ1) is 13.7. The molecule has 150 valence electrons. The highest BCUT2D eigenvalue weighted by molar-refractivity contribution is 7.89. The summed E-state index contributed by atoms with van der Waals surface area (Å²) in [6.07, 6.45) is -1.26. The molecule has 0 heterocycles. The maximum atomic E-state index is 13.9. The number of fused-ring (bicyclic) bond motifs is 1. The molecule has 0 aliphatic carbocycles. The highest BCUT2D eigenvalue weighted by Crippen LogP contribution is 2.23. The fourth-order valence-electron chi connectivity index (χ4n) is 2.68. The van der Waals surface area contributed by atoms with Crippen molar-refractivity contribution in [2.45, 2.75) is 17.9 Å². The van der Waals surface area contributed by atoms with E-state index in [1.165, 1.54) is 6.92 Å². The molecule has 1 amide bonds. The minimum Gasteiger partial charge on any atom is -0.449 e. The number of sulfonamides is 1. The standard InChI is InChI=1S/C20H17FN2O5S/c1-12(19(24)23-18-8-4-6-13-5-2-3-7-15(13)18)28-20(25)16-11-14(29(22,26)27)9-10-17(16)21/h2-12H,1H3,(H,23,24)(H2,22,26,27)/t12-/m1/s1. The summed E-state index contributed by atoms with van der Waals surface area (Å²) in [7, 11) is -4.14. The summed E-state index contributed by atoms with van der Waals surface area (Å²) >= 11 is 0. The van der Waals surface area contributed by atoms with Gasteiger partial charge in [-0.25, -0.2) is 22.7 Å². The van der Waals surface area contributed by atoms with Crippen molar-refractivity contribution < 1.29 is 27.1 Å². The Morgan fingerprint density at radius 3 is 2.48 bits per heavy atom. The molecule has 0 saturated heterocycles. The quantitative estimate of drug-likeness (QED) is 0.621. The third kappa shape index (κ3) is 4.58. The van der Waals surface area contributed by atoms with Gasteiger partial charge in [0, 0.05) is 11.1 Å². The molecule has 3 N–H and O–H groups in total. The number of primary sulfonamides is 1. The molecule has 29 heavy (non-hydrogen) atoms. The number of nitrogens with two attached hydrogens (primary N) is 1. The lowest BCUT2D eigenvalue weighted by Crippen LogP contribution is -2.30. The number of ether oxygens (including phenoxy) is 1. The minimum absolute atomic E-state index is 0.446. The van der Waals surface area contributed by atoms with E-state index in [0.717, 1.165) is 29.0 Å². The number of carbonyl (C=O) groups is 2. The monoisotopic (exact) mass is 416 g/mol. The average Bonchev–Trinajstić information content (AvgIpc) is 2.67. The molecule has 0 aliphatic rings. The molecular formula is C20H17FN2O5S. The van der Waals surface area contributed by atoms with Crippen molar-refractivity contribution >= 4 is 38.4 Å². The lowest BCUT2D eigenvalue weighted by Gasteiger charge is -2.15. The van der Waals surface area contributed by atoms with E-state index in [0.29, 0.717) is 5.69 Å². The van der Waals surface area contributed by atoms with Crippen LogP contribution in [0.15, 0.2) is 65.6 Å². The number of carbonyl (C=O) groups excluding carboxylic acids is 2. The Morgan fingerprint density at radius 1 is 1.07 bits per heavy atom. The van der Waals surface area contributed by atoms with Crippen molar-refractivity contribution in [2.24, 2.45) is 5.14 Å². The van der Waals surface area contributed by atoms with Gasteiger partial charge in [-0.1, -0.05) is 36.4 Å². The van der Waals surface area contributed by atoms with Crippen molar-refractivity contribution in [3.63, 3.8) is 0 Å². The van der Waals surface area contributed by atoms with Gasteiger partial charge < -0.3 is 10.1 Å². The summed E-state index contributed by atoms with van der Waals surface area (Å²) in [5, 5.41) is 9.37. The highest BCUT2D eigenvalue weighted by Gasteiger charge is 2.23. The molecule has 0 saturated carbocycles. The second kappa shape index (κ2) is 7.98. The van der Waals surface area contributed by atoms with Crippen LogP contribution in [0.2, 0.25) is 0 Å². The average molecular weight is 416 g/mol. The Hall–Kier alpha value is -3.30. The van der Waals surface area contributed by atoms with Crippen LogP contribution in [0.25, 0.3) is 10.8 Å². The lowest BCUT2D eigenvalue weighted by atomic mass is 10.1. The predicted octanol–water partition coefficient (Wildman–Crippen LogP) is 2.81. The summed E-state index contributed by atoms with van der Waals surface area (Å²) in [6, 6.07) is 15.2. The maximum Gasteiger partial charge on any atom is 0.341 e. The number of benzene rings is 3. The van der Waals surface area contributed by atoms with Crippen molar-refractivity contribution in [2.75, 3.05) is 5.32 Å². The van der Waals surface area contributed by atoms with E-state index >= 15 is 0 Å². The SMILES string of the molecule is C[C@@H](OC(=O)c1cc(S(N)(=O)=O)ccc1F)C(=O)Nc1cccc2ccccc12. The maximum absolute atomic E-state index is 13.9. The molecule has 0 aromatic heterocycles. The zero-order chi connectivity index (χ0) is 21.2. The Balaban J connectivity index is 1.77. The topological polar surface area (TPSA) is 116 Å². The van der Waals surface area contributed by atoms with Gasteiger partial charge in [-0.2, -0.15) is 0 Å². The fraction of sp³-hybridized carbons (Fsp3) is 0.100. The van der Waals surface area contributed by atoms with Gasteiger partial charge in [0.25, 0.3) is 5.91 Å². The normalized spacial score (nSPS) is 12.4. The van der Waals surface area contributed by atoms with Gasteiger partial charge in [0.1, 0.15) is 5.82 Å². The van der Waals surface area contributed by atoms with Gasteiger partial charge in [-0.3, -0.25) is 4.79 Å². The first-order valence-electron chi connectivity index (χ1n) is 8.49. The smallest absolute Gasteiger partial charge is 0.341 e. The van der Waals surface area contributed by atoms with Crippen LogP contribution < -0.4 is 10.5 Å². The van der Waals surface area contributed by atoms with Crippen LogP contribution >= 0.6 is 0 Å². The molecule has 0 aliphatic heterocycles. The number of nitrogens with one attached hydrogen (secondary N) is 1. The summed E-state index contributed by atoms with van der Waals surface area (Å²) in [5.74, 6) is -2.81. The van der Waals surface area contributed by atoms with Gasteiger partial charge in [-0.15, -0.1) is 0 Å². The van der Waals surface area contributed by atoms with Crippen molar-refractivity contribution in [3.05, 3.63) is 72.0 Å².